The van der Waals surface area contributed by atoms with Crippen molar-refractivity contribution in [1.82, 2.24) is 0 Å². The highest BCUT2D eigenvalue weighted by atomic mass is 79.9. The molecule has 1 aromatic heterocycles. The van der Waals surface area contributed by atoms with E-state index < -0.39 is 0 Å². The third-order valence-electron chi connectivity index (χ3n) is 1.77. The molecule has 14 heavy (non-hydrogen) atoms. The topological polar surface area (TPSA) is 30.2 Å². The fourth-order valence-corrected chi connectivity index (χ4v) is 1.73. The summed E-state index contributed by atoms with van der Waals surface area (Å²) in [5.74, 6) is 0. The Hall–Kier alpha value is -0.510. The summed E-state index contributed by atoms with van der Waals surface area (Å²) in [6.45, 7) is 0. The van der Waals surface area contributed by atoms with Gasteiger partial charge in [-0.3, -0.25) is 4.79 Å². The molecule has 0 N–H and O–H groups in total. The van der Waals surface area contributed by atoms with Crippen LogP contribution in [0.15, 0.2) is 32.1 Å². The first-order chi connectivity index (χ1) is 6.59. The van der Waals surface area contributed by atoms with Crippen molar-refractivity contribution in [1.29, 1.82) is 0 Å². The first kappa shape index (κ1) is 10.0. The van der Waals surface area contributed by atoms with E-state index in [9.17, 15) is 4.79 Å². The van der Waals surface area contributed by atoms with E-state index in [0.717, 1.165) is 0 Å². The molecule has 0 aliphatic carbocycles. The van der Waals surface area contributed by atoms with Crippen LogP contribution in [0.2, 0.25) is 10.0 Å². The zero-order valence-corrected chi connectivity index (χ0v) is 9.78. The zero-order valence-electron chi connectivity index (χ0n) is 6.68. The molecule has 0 spiro atoms. The number of hydrogen-bond donors (Lipinski definition) is 0. The van der Waals surface area contributed by atoms with Crippen LogP contribution in [0, 0.1) is 0 Å². The van der Waals surface area contributed by atoms with Crippen LogP contribution in [0.25, 0.3) is 11.0 Å². The van der Waals surface area contributed by atoms with Crippen molar-refractivity contribution < 1.29 is 4.42 Å². The van der Waals surface area contributed by atoms with Crippen molar-refractivity contribution in [2.24, 2.45) is 0 Å². The van der Waals surface area contributed by atoms with Crippen LogP contribution in [0.5, 0.6) is 0 Å². The van der Waals surface area contributed by atoms with Gasteiger partial charge < -0.3 is 4.42 Å². The molecule has 0 bridgehead atoms. The number of fused-ring (bicyclic) bond motifs is 1. The predicted octanol–water partition coefficient (Wildman–Crippen LogP) is 3.86. The third kappa shape index (κ3) is 1.56. The summed E-state index contributed by atoms with van der Waals surface area (Å²) in [6, 6.07) is 3.02. The molecule has 0 fully saturated rings. The van der Waals surface area contributed by atoms with E-state index in [1.807, 2.05) is 0 Å². The van der Waals surface area contributed by atoms with Gasteiger partial charge in [0.05, 0.1) is 15.4 Å². The molecular weight excluding hydrogens is 291 g/mol. The second-order valence-electron chi connectivity index (χ2n) is 2.68. The van der Waals surface area contributed by atoms with E-state index >= 15 is 0 Å². The van der Waals surface area contributed by atoms with Gasteiger partial charge in [0.1, 0.15) is 16.3 Å². The minimum absolute atomic E-state index is 0.162. The molecule has 72 valence electrons. The van der Waals surface area contributed by atoms with Crippen molar-refractivity contribution >= 4 is 50.1 Å². The fraction of sp³-hybridized carbons (Fsp3) is 0. The van der Waals surface area contributed by atoms with Crippen LogP contribution in [-0.2, 0) is 0 Å². The molecule has 5 heteroatoms. The third-order valence-corrected chi connectivity index (χ3v) is 3.04. The summed E-state index contributed by atoms with van der Waals surface area (Å²) >= 11 is 14.6. The maximum Gasteiger partial charge on any atom is 0.206 e. The first-order valence-corrected chi connectivity index (χ1v) is 5.20. The fourth-order valence-electron chi connectivity index (χ4n) is 1.10. The quantitative estimate of drug-likeness (QED) is 0.738. The molecule has 0 saturated heterocycles. The average Bonchev–Trinajstić information content (AvgIpc) is 2.15. The minimum atomic E-state index is -0.162. The molecule has 2 nitrogen and oxygen atoms in total. The summed E-state index contributed by atoms with van der Waals surface area (Å²) in [7, 11) is 0. The van der Waals surface area contributed by atoms with Gasteiger partial charge in [0.15, 0.2) is 0 Å². The lowest BCUT2D eigenvalue weighted by molar-refractivity contribution is 0.599. The Balaban J connectivity index is 2.97. The average molecular weight is 294 g/mol. The smallest absolute Gasteiger partial charge is 0.206 e. The highest BCUT2D eigenvalue weighted by Crippen LogP contribution is 2.26. The second kappa shape index (κ2) is 3.57. The minimum Gasteiger partial charge on any atom is -0.463 e. The van der Waals surface area contributed by atoms with E-state index in [0.29, 0.717) is 25.5 Å². The van der Waals surface area contributed by atoms with Gasteiger partial charge in [-0.1, -0.05) is 23.2 Å². The SMILES string of the molecule is O=c1c(Br)coc2cc(Cl)c(Cl)cc12. The summed E-state index contributed by atoms with van der Waals surface area (Å²) in [4.78, 5) is 11.6. The Morgan fingerprint density at radius 2 is 1.86 bits per heavy atom. The molecule has 1 aromatic carbocycles. The van der Waals surface area contributed by atoms with Crippen LogP contribution in [0.4, 0.5) is 0 Å². The number of rotatable bonds is 0. The molecule has 0 amide bonds. The highest BCUT2D eigenvalue weighted by Gasteiger charge is 2.07. The van der Waals surface area contributed by atoms with Gasteiger partial charge in [-0.05, 0) is 22.0 Å². The maximum absolute atomic E-state index is 11.6. The van der Waals surface area contributed by atoms with E-state index in [1.54, 1.807) is 0 Å². The molecule has 0 radical (unpaired) electrons. The van der Waals surface area contributed by atoms with Gasteiger partial charge in [0.2, 0.25) is 5.43 Å². The Morgan fingerprint density at radius 1 is 1.21 bits per heavy atom. The monoisotopic (exact) mass is 292 g/mol. The number of benzene rings is 1. The summed E-state index contributed by atoms with van der Waals surface area (Å²) in [6.07, 6.45) is 1.33. The molecule has 0 atom stereocenters. The maximum atomic E-state index is 11.6. The summed E-state index contributed by atoms with van der Waals surface area (Å²) in [5, 5.41) is 1.11. The Kier molecular flexibility index (Phi) is 2.56. The van der Waals surface area contributed by atoms with Crippen LogP contribution in [-0.4, -0.2) is 0 Å². The van der Waals surface area contributed by atoms with E-state index in [-0.39, 0.29) is 5.43 Å². The molecule has 0 aliphatic rings. The van der Waals surface area contributed by atoms with Crippen molar-refractivity contribution in [3.05, 3.63) is 43.1 Å². The van der Waals surface area contributed by atoms with Gasteiger partial charge in [-0.15, -0.1) is 0 Å². The van der Waals surface area contributed by atoms with Crippen LogP contribution in [0.3, 0.4) is 0 Å². The van der Waals surface area contributed by atoms with Crippen molar-refractivity contribution in [2.75, 3.05) is 0 Å². The number of halogens is 3. The number of hydrogen-bond acceptors (Lipinski definition) is 2. The molecule has 2 aromatic rings. The Labute approximate surface area is 97.6 Å². The molecule has 0 unspecified atom stereocenters. The molecule has 1 heterocycles. The van der Waals surface area contributed by atoms with Crippen molar-refractivity contribution in [3.8, 4) is 0 Å². The summed E-state index contributed by atoms with van der Waals surface area (Å²) < 4.78 is 5.53. The van der Waals surface area contributed by atoms with Crippen LogP contribution >= 0.6 is 39.1 Å². The molecule has 0 saturated carbocycles. The van der Waals surface area contributed by atoms with E-state index in [1.165, 1.54) is 18.4 Å². The van der Waals surface area contributed by atoms with Crippen LogP contribution < -0.4 is 5.43 Å². The summed E-state index contributed by atoms with van der Waals surface area (Å²) in [5.41, 5.74) is 0.261. The van der Waals surface area contributed by atoms with Gasteiger partial charge in [0.25, 0.3) is 0 Å². The van der Waals surface area contributed by atoms with Gasteiger partial charge >= 0.3 is 0 Å². The van der Waals surface area contributed by atoms with Crippen molar-refractivity contribution in [3.63, 3.8) is 0 Å². The lowest BCUT2D eigenvalue weighted by Gasteiger charge is -1.99. The Morgan fingerprint density at radius 3 is 2.57 bits per heavy atom. The van der Waals surface area contributed by atoms with Gasteiger partial charge in [0, 0.05) is 6.07 Å². The van der Waals surface area contributed by atoms with Crippen LogP contribution in [0.1, 0.15) is 0 Å². The molecule has 2 rings (SSSR count). The van der Waals surface area contributed by atoms with E-state index in [4.69, 9.17) is 27.6 Å². The highest BCUT2D eigenvalue weighted by molar-refractivity contribution is 9.10. The lowest BCUT2D eigenvalue weighted by Crippen LogP contribution is -2.01. The van der Waals surface area contributed by atoms with E-state index in [2.05, 4.69) is 15.9 Å². The zero-order chi connectivity index (χ0) is 10.3. The lowest BCUT2D eigenvalue weighted by atomic mass is 10.2. The largest absolute Gasteiger partial charge is 0.463 e. The Bertz CT molecular complexity index is 562. The first-order valence-electron chi connectivity index (χ1n) is 3.65. The second-order valence-corrected chi connectivity index (χ2v) is 4.34. The predicted molar refractivity (Wildman–Crippen MR) is 60.2 cm³/mol. The molecular formula is C9H3BrCl2O2. The molecule has 0 aliphatic heterocycles. The van der Waals surface area contributed by atoms with Gasteiger partial charge in [-0.2, -0.15) is 0 Å². The van der Waals surface area contributed by atoms with Crippen molar-refractivity contribution in [2.45, 2.75) is 0 Å². The standard InChI is InChI=1S/C9H3BrCl2O2/c10-5-3-14-8-2-7(12)6(11)1-4(8)9(5)13/h1-3H. The van der Waals surface area contributed by atoms with Gasteiger partial charge in [-0.25, -0.2) is 0 Å². The normalized spacial score (nSPS) is 10.8.